The van der Waals surface area contributed by atoms with Crippen LogP contribution in [-0.2, 0) is 4.79 Å². The van der Waals surface area contributed by atoms with Gasteiger partial charge in [0.1, 0.15) is 5.52 Å². The molecule has 0 aliphatic carbocycles. The Morgan fingerprint density at radius 1 is 1.53 bits per heavy atom. The van der Waals surface area contributed by atoms with E-state index in [2.05, 4.69) is 9.97 Å². The van der Waals surface area contributed by atoms with E-state index in [4.69, 9.17) is 21.8 Å². The minimum Gasteiger partial charge on any atom is -0.459 e. The monoisotopic (exact) mass is 280 g/mol. The molecule has 3 heterocycles. The van der Waals surface area contributed by atoms with Crippen molar-refractivity contribution < 1.29 is 9.21 Å². The smallest absolute Gasteiger partial charge is 0.225 e. The molecule has 100 valence electrons. The number of fused-ring (bicyclic) bond motifs is 1. The van der Waals surface area contributed by atoms with Gasteiger partial charge in [0.25, 0.3) is 0 Å². The topological polar surface area (TPSA) is 85.3 Å². The number of halogens is 1. The highest BCUT2D eigenvalue weighted by Crippen LogP contribution is 2.29. The number of rotatable bonds is 2. The van der Waals surface area contributed by atoms with Gasteiger partial charge in [0.2, 0.25) is 11.2 Å². The summed E-state index contributed by atoms with van der Waals surface area (Å²) in [4.78, 5) is 21.6. The van der Waals surface area contributed by atoms with Crippen molar-refractivity contribution in [3.63, 3.8) is 0 Å². The van der Waals surface area contributed by atoms with Crippen LogP contribution in [0.4, 0.5) is 5.82 Å². The molecule has 1 saturated heterocycles. The number of aromatic nitrogens is 2. The molecule has 7 heteroatoms. The molecule has 0 bridgehead atoms. The van der Waals surface area contributed by atoms with Gasteiger partial charge in [-0.15, -0.1) is 0 Å². The zero-order chi connectivity index (χ0) is 13.4. The Bertz CT molecular complexity index is 627. The van der Waals surface area contributed by atoms with Gasteiger partial charge in [-0.05, 0) is 24.4 Å². The van der Waals surface area contributed by atoms with Crippen LogP contribution in [0.15, 0.2) is 16.7 Å². The first kappa shape index (κ1) is 12.2. The van der Waals surface area contributed by atoms with Gasteiger partial charge in [0.15, 0.2) is 11.4 Å². The fourth-order valence-electron chi connectivity index (χ4n) is 2.44. The molecule has 0 aromatic carbocycles. The number of nitrogens with zero attached hydrogens (tertiary/aromatic N) is 3. The zero-order valence-electron chi connectivity index (χ0n) is 10.2. The lowest BCUT2D eigenvalue weighted by Crippen LogP contribution is -2.41. The largest absolute Gasteiger partial charge is 0.459 e. The number of carbonyl (C=O) groups excluding carboxylic acids is 1. The highest BCUT2D eigenvalue weighted by molar-refractivity contribution is 6.28. The van der Waals surface area contributed by atoms with Crippen LogP contribution in [0.2, 0.25) is 5.28 Å². The third-order valence-corrected chi connectivity index (χ3v) is 3.55. The lowest BCUT2D eigenvalue weighted by molar-refractivity contribution is -0.122. The number of furan rings is 1. The lowest BCUT2D eigenvalue weighted by atomic mass is 9.97. The van der Waals surface area contributed by atoms with E-state index in [1.165, 1.54) is 0 Å². The lowest BCUT2D eigenvalue weighted by Gasteiger charge is -2.31. The summed E-state index contributed by atoms with van der Waals surface area (Å²) >= 11 is 5.92. The van der Waals surface area contributed by atoms with Crippen LogP contribution in [-0.4, -0.2) is 29.0 Å². The summed E-state index contributed by atoms with van der Waals surface area (Å²) in [5.74, 6) is 0.194. The summed E-state index contributed by atoms with van der Waals surface area (Å²) < 4.78 is 5.41. The van der Waals surface area contributed by atoms with Gasteiger partial charge in [-0.1, -0.05) is 0 Å². The second-order valence-electron chi connectivity index (χ2n) is 4.64. The first-order valence-electron chi connectivity index (χ1n) is 6.10. The summed E-state index contributed by atoms with van der Waals surface area (Å²) in [7, 11) is 0. The Balaban J connectivity index is 1.99. The van der Waals surface area contributed by atoms with Gasteiger partial charge in [-0.3, -0.25) is 4.79 Å². The van der Waals surface area contributed by atoms with Crippen LogP contribution < -0.4 is 10.6 Å². The molecule has 1 aliphatic rings. The fourth-order valence-corrected chi connectivity index (χ4v) is 2.61. The summed E-state index contributed by atoms with van der Waals surface area (Å²) in [5.41, 5.74) is 6.64. The number of nitrogens with two attached hydrogens (primary N) is 1. The molecule has 1 aliphatic heterocycles. The van der Waals surface area contributed by atoms with E-state index in [9.17, 15) is 4.79 Å². The Morgan fingerprint density at radius 2 is 2.37 bits per heavy atom. The van der Waals surface area contributed by atoms with Crippen LogP contribution in [0, 0.1) is 5.92 Å². The molecule has 2 N–H and O–H groups in total. The number of hydrogen-bond acceptors (Lipinski definition) is 5. The molecule has 0 saturated carbocycles. The van der Waals surface area contributed by atoms with Crippen LogP contribution in [0.3, 0.4) is 0 Å². The average molecular weight is 281 g/mol. The number of primary amides is 1. The van der Waals surface area contributed by atoms with Crippen molar-refractivity contribution in [1.29, 1.82) is 0 Å². The number of hydrogen-bond donors (Lipinski definition) is 1. The van der Waals surface area contributed by atoms with Crippen molar-refractivity contribution in [3.8, 4) is 0 Å². The van der Waals surface area contributed by atoms with Crippen molar-refractivity contribution in [2.45, 2.75) is 12.8 Å². The van der Waals surface area contributed by atoms with Gasteiger partial charge >= 0.3 is 0 Å². The molecule has 1 unspecified atom stereocenters. The quantitative estimate of drug-likeness (QED) is 0.844. The van der Waals surface area contributed by atoms with Gasteiger partial charge in [-0.2, -0.15) is 4.98 Å². The van der Waals surface area contributed by atoms with E-state index in [0.29, 0.717) is 23.5 Å². The number of carbonyl (C=O) groups is 1. The number of piperidine rings is 1. The highest BCUT2D eigenvalue weighted by atomic mass is 35.5. The predicted octanol–water partition coefficient (Wildman–Crippen LogP) is 1.58. The van der Waals surface area contributed by atoms with Crippen molar-refractivity contribution in [2.24, 2.45) is 11.7 Å². The van der Waals surface area contributed by atoms with Crippen LogP contribution >= 0.6 is 11.6 Å². The van der Waals surface area contributed by atoms with Crippen molar-refractivity contribution in [3.05, 3.63) is 17.6 Å². The molecule has 6 nitrogen and oxygen atoms in total. The van der Waals surface area contributed by atoms with Gasteiger partial charge in [-0.25, -0.2) is 4.98 Å². The molecule has 1 amide bonds. The summed E-state index contributed by atoms with van der Waals surface area (Å²) in [6.45, 7) is 1.34. The predicted molar refractivity (Wildman–Crippen MR) is 70.9 cm³/mol. The fraction of sp³-hybridized carbons (Fsp3) is 0.417. The molecule has 3 rings (SSSR count). The Labute approximate surface area is 114 Å². The molecule has 1 fully saturated rings. The number of anilines is 1. The summed E-state index contributed by atoms with van der Waals surface area (Å²) in [5, 5.41) is 0.171. The number of amides is 1. The van der Waals surface area contributed by atoms with E-state index < -0.39 is 0 Å². The van der Waals surface area contributed by atoms with E-state index in [0.717, 1.165) is 19.4 Å². The highest BCUT2D eigenvalue weighted by Gasteiger charge is 2.27. The maximum absolute atomic E-state index is 11.3. The molecule has 0 spiro atoms. The SMILES string of the molecule is NC(=O)C1CCCN(c2nc(Cl)nc3ccoc23)C1. The van der Waals surface area contributed by atoms with Crippen molar-refractivity contribution in [2.75, 3.05) is 18.0 Å². The van der Waals surface area contributed by atoms with Gasteiger partial charge in [0.05, 0.1) is 12.2 Å². The van der Waals surface area contributed by atoms with Crippen molar-refractivity contribution >= 4 is 34.4 Å². The third kappa shape index (κ3) is 2.23. The first-order valence-corrected chi connectivity index (χ1v) is 6.48. The molecular weight excluding hydrogens is 268 g/mol. The molecule has 2 aromatic heterocycles. The van der Waals surface area contributed by atoms with Crippen LogP contribution in [0.5, 0.6) is 0 Å². The normalized spacial score (nSPS) is 19.8. The molecule has 2 aromatic rings. The van der Waals surface area contributed by atoms with Crippen molar-refractivity contribution in [1.82, 2.24) is 9.97 Å². The van der Waals surface area contributed by atoms with E-state index in [1.807, 2.05) is 4.90 Å². The Morgan fingerprint density at radius 3 is 3.16 bits per heavy atom. The third-order valence-electron chi connectivity index (χ3n) is 3.38. The van der Waals surface area contributed by atoms with Gasteiger partial charge in [0, 0.05) is 19.2 Å². The first-order chi connectivity index (χ1) is 9.15. The minimum absolute atomic E-state index is 0.160. The average Bonchev–Trinajstić information content (AvgIpc) is 2.85. The maximum Gasteiger partial charge on any atom is 0.225 e. The zero-order valence-corrected chi connectivity index (χ0v) is 10.9. The van der Waals surface area contributed by atoms with Crippen LogP contribution in [0.25, 0.3) is 11.1 Å². The van der Waals surface area contributed by atoms with E-state index in [-0.39, 0.29) is 17.1 Å². The standard InChI is InChI=1S/C12H13ClN4O2/c13-12-15-8-3-5-19-9(8)11(16-12)17-4-1-2-7(6-17)10(14)18/h3,5,7H,1-2,4,6H2,(H2,14,18). The molecule has 19 heavy (non-hydrogen) atoms. The maximum atomic E-state index is 11.3. The summed E-state index contributed by atoms with van der Waals surface area (Å²) in [6, 6.07) is 1.74. The second-order valence-corrected chi connectivity index (χ2v) is 4.98. The Kier molecular flexibility index (Phi) is 3.02. The minimum atomic E-state index is -0.277. The molecular formula is C12H13ClN4O2. The van der Waals surface area contributed by atoms with Gasteiger partial charge < -0.3 is 15.1 Å². The van der Waals surface area contributed by atoms with E-state index in [1.54, 1.807) is 12.3 Å². The second kappa shape index (κ2) is 4.70. The Hall–Kier alpha value is -1.82. The molecule has 0 radical (unpaired) electrons. The van der Waals surface area contributed by atoms with Crippen LogP contribution in [0.1, 0.15) is 12.8 Å². The van der Waals surface area contributed by atoms with E-state index >= 15 is 0 Å². The molecule has 1 atom stereocenters. The summed E-state index contributed by atoms with van der Waals surface area (Å²) in [6.07, 6.45) is 3.25.